The SMILES string of the molecule is CC(C)(C)OC(=O)Nc1ncc(C(=O)Cc2ccc(Cl)cc2)s1. The molecule has 0 aliphatic rings. The minimum atomic E-state index is -0.594. The van der Waals surface area contributed by atoms with E-state index >= 15 is 0 Å². The predicted molar refractivity (Wildman–Crippen MR) is 91.5 cm³/mol. The van der Waals surface area contributed by atoms with E-state index in [1.54, 1.807) is 45.0 Å². The van der Waals surface area contributed by atoms with Gasteiger partial charge >= 0.3 is 6.09 Å². The number of amides is 1. The molecule has 0 radical (unpaired) electrons. The molecule has 1 amide bonds. The maximum absolute atomic E-state index is 12.2. The fourth-order valence-electron chi connectivity index (χ4n) is 1.73. The van der Waals surface area contributed by atoms with Crippen molar-refractivity contribution >= 4 is 39.9 Å². The third kappa shape index (κ3) is 5.65. The molecule has 2 rings (SSSR count). The van der Waals surface area contributed by atoms with Crippen LogP contribution in [0.5, 0.6) is 0 Å². The average molecular weight is 353 g/mol. The molecule has 0 aliphatic carbocycles. The van der Waals surface area contributed by atoms with Crippen LogP contribution >= 0.6 is 22.9 Å². The molecule has 7 heteroatoms. The summed E-state index contributed by atoms with van der Waals surface area (Å²) in [5, 5.41) is 3.48. The Balaban J connectivity index is 1.97. The zero-order chi connectivity index (χ0) is 17.0. The zero-order valence-electron chi connectivity index (χ0n) is 13.1. The molecular formula is C16H17ClN2O3S. The Bertz CT molecular complexity index is 705. The second kappa shape index (κ2) is 7.10. The van der Waals surface area contributed by atoms with E-state index in [0.29, 0.717) is 15.0 Å². The number of anilines is 1. The number of halogens is 1. The highest BCUT2D eigenvalue weighted by molar-refractivity contribution is 7.17. The molecule has 0 aliphatic heterocycles. The Kier molecular flexibility index (Phi) is 5.38. The van der Waals surface area contributed by atoms with Crippen molar-refractivity contribution in [2.75, 3.05) is 5.32 Å². The smallest absolute Gasteiger partial charge is 0.413 e. The molecule has 0 bridgehead atoms. The Morgan fingerprint density at radius 3 is 2.52 bits per heavy atom. The first kappa shape index (κ1) is 17.4. The van der Waals surface area contributed by atoms with E-state index in [1.807, 2.05) is 0 Å². The van der Waals surface area contributed by atoms with Crippen LogP contribution in [-0.2, 0) is 11.2 Å². The number of hydrogen-bond acceptors (Lipinski definition) is 5. The molecule has 0 atom stereocenters. The number of benzene rings is 1. The van der Waals surface area contributed by atoms with Gasteiger partial charge in [0.2, 0.25) is 0 Å². The van der Waals surface area contributed by atoms with Gasteiger partial charge in [-0.25, -0.2) is 9.78 Å². The summed E-state index contributed by atoms with van der Waals surface area (Å²) >= 11 is 6.94. The minimum Gasteiger partial charge on any atom is -0.444 e. The second-order valence-corrected chi connectivity index (χ2v) is 7.35. The number of carbonyl (C=O) groups excluding carboxylic acids is 2. The summed E-state index contributed by atoms with van der Waals surface area (Å²) in [7, 11) is 0. The maximum Gasteiger partial charge on any atom is 0.413 e. The largest absolute Gasteiger partial charge is 0.444 e. The van der Waals surface area contributed by atoms with Gasteiger partial charge in [-0.05, 0) is 38.5 Å². The highest BCUT2D eigenvalue weighted by atomic mass is 35.5. The molecule has 0 spiro atoms. The van der Waals surface area contributed by atoms with Gasteiger partial charge in [-0.1, -0.05) is 35.1 Å². The van der Waals surface area contributed by atoms with Crippen LogP contribution in [0.4, 0.5) is 9.93 Å². The number of nitrogens with one attached hydrogen (secondary N) is 1. The number of hydrogen-bond donors (Lipinski definition) is 1. The standard InChI is InChI=1S/C16H17ClN2O3S/c1-16(2,3)22-15(21)19-14-18-9-13(23-14)12(20)8-10-4-6-11(17)7-5-10/h4-7,9H,8H2,1-3H3,(H,18,19,21). The number of rotatable bonds is 4. The van der Waals surface area contributed by atoms with Crippen molar-refractivity contribution in [3.05, 3.63) is 45.9 Å². The third-order valence-electron chi connectivity index (χ3n) is 2.67. The summed E-state index contributed by atoms with van der Waals surface area (Å²) in [4.78, 5) is 28.4. The molecule has 1 N–H and O–H groups in total. The molecular weight excluding hydrogens is 336 g/mol. The highest BCUT2D eigenvalue weighted by Gasteiger charge is 2.18. The molecule has 1 aromatic carbocycles. The van der Waals surface area contributed by atoms with Gasteiger partial charge in [-0.15, -0.1) is 0 Å². The van der Waals surface area contributed by atoms with Gasteiger partial charge in [-0.2, -0.15) is 0 Å². The topological polar surface area (TPSA) is 68.3 Å². The predicted octanol–water partition coefficient (Wildman–Crippen LogP) is 4.57. The number of nitrogens with zero attached hydrogens (tertiary/aromatic N) is 1. The van der Waals surface area contributed by atoms with Crippen molar-refractivity contribution in [3.63, 3.8) is 0 Å². The van der Waals surface area contributed by atoms with Gasteiger partial charge in [0.1, 0.15) is 5.60 Å². The van der Waals surface area contributed by atoms with E-state index in [1.165, 1.54) is 6.20 Å². The first-order chi connectivity index (χ1) is 10.7. The molecule has 0 fully saturated rings. The van der Waals surface area contributed by atoms with Gasteiger partial charge in [0.05, 0.1) is 11.1 Å². The van der Waals surface area contributed by atoms with Gasteiger partial charge in [0.25, 0.3) is 0 Å². The van der Waals surface area contributed by atoms with Crippen LogP contribution in [0.1, 0.15) is 36.0 Å². The summed E-state index contributed by atoms with van der Waals surface area (Å²) in [5.41, 5.74) is 0.281. The lowest BCUT2D eigenvalue weighted by Crippen LogP contribution is -2.27. The lowest BCUT2D eigenvalue weighted by Gasteiger charge is -2.18. The molecule has 122 valence electrons. The zero-order valence-corrected chi connectivity index (χ0v) is 14.6. The Hall–Kier alpha value is -1.92. The number of Topliss-reactive ketones (excluding diaryl/α,β-unsaturated/α-hetero) is 1. The second-order valence-electron chi connectivity index (χ2n) is 5.88. The monoisotopic (exact) mass is 352 g/mol. The molecule has 0 saturated heterocycles. The summed E-state index contributed by atoms with van der Waals surface area (Å²) in [6.45, 7) is 5.32. The van der Waals surface area contributed by atoms with Crippen molar-refractivity contribution < 1.29 is 14.3 Å². The summed E-state index contributed by atoms with van der Waals surface area (Å²) in [6.07, 6.45) is 1.12. The van der Waals surface area contributed by atoms with Crippen molar-refractivity contribution in [1.82, 2.24) is 4.98 Å². The fourth-order valence-corrected chi connectivity index (χ4v) is 2.59. The van der Waals surface area contributed by atoms with Crippen LogP contribution in [0, 0.1) is 0 Å². The van der Waals surface area contributed by atoms with E-state index < -0.39 is 11.7 Å². The quantitative estimate of drug-likeness (QED) is 0.818. The number of thiazole rings is 1. The molecule has 0 unspecified atom stereocenters. The molecule has 0 saturated carbocycles. The summed E-state index contributed by atoms with van der Waals surface area (Å²) < 4.78 is 5.14. The fraction of sp³-hybridized carbons (Fsp3) is 0.312. The normalized spacial score (nSPS) is 11.1. The van der Waals surface area contributed by atoms with Gasteiger partial charge in [0, 0.05) is 11.4 Å². The number of ketones is 1. The molecule has 1 aromatic heterocycles. The van der Waals surface area contributed by atoms with Crippen LogP contribution in [0.2, 0.25) is 5.02 Å². The first-order valence-corrected chi connectivity index (χ1v) is 8.16. The lowest BCUT2D eigenvalue weighted by atomic mass is 10.1. The first-order valence-electron chi connectivity index (χ1n) is 6.96. The van der Waals surface area contributed by atoms with E-state index in [2.05, 4.69) is 10.3 Å². The molecule has 5 nitrogen and oxygen atoms in total. The Labute approximate surface area is 143 Å². The average Bonchev–Trinajstić information content (AvgIpc) is 2.87. The molecule has 23 heavy (non-hydrogen) atoms. The molecule has 1 heterocycles. The Morgan fingerprint density at radius 2 is 1.91 bits per heavy atom. The maximum atomic E-state index is 12.2. The van der Waals surface area contributed by atoms with Crippen molar-refractivity contribution in [3.8, 4) is 0 Å². The minimum absolute atomic E-state index is 0.0675. The van der Waals surface area contributed by atoms with Crippen molar-refractivity contribution in [2.45, 2.75) is 32.8 Å². The van der Waals surface area contributed by atoms with Crippen LogP contribution in [0.3, 0.4) is 0 Å². The van der Waals surface area contributed by atoms with E-state index in [-0.39, 0.29) is 12.2 Å². The lowest BCUT2D eigenvalue weighted by molar-refractivity contribution is 0.0635. The molecule has 2 aromatic rings. The van der Waals surface area contributed by atoms with E-state index in [0.717, 1.165) is 16.9 Å². The van der Waals surface area contributed by atoms with Gasteiger partial charge < -0.3 is 4.74 Å². The number of aromatic nitrogens is 1. The summed E-state index contributed by atoms with van der Waals surface area (Å²) in [5.74, 6) is -0.0675. The van der Waals surface area contributed by atoms with Crippen LogP contribution < -0.4 is 5.32 Å². The number of ether oxygens (including phenoxy) is 1. The third-order valence-corrected chi connectivity index (χ3v) is 3.87. The van der Waals surface area contributed by atoms with Crippen molar-refractivity contribution in [1.29, 1.82) is 0 Å². The van der Waals surface area contributed by atoms with Crippen LogP contribution in [0.25, 0.3) is 0 Å². The van der Waals surface area contributed by atoms with Crippen LogP contribution in [0.15, 0.2) is 30.5 Å². The van der Waals surface area contributed by atoms with E-state index in [9.17, 15) is 9.59 Å². The van der Waals surface area contributed by atoms with Crippen LogP contribution in [-0.4, -0.2) is 22.5 Å². The van der Waals surface area contributed by atoms with Gasteiger partial charge in [0.15, 0.2) is 10.9 Å². The Morgan fingerprint density at radius 1 is 1.26 bits per heavy atom. The van der Waals surface area contributed by atoms with E-state index in [4.69, 9.17) is 16.3 Å². The van der Waals surface area contributed by atoms with Crippen molar-refractivity contribution in [2.24, 2.45) is 0 Å². The highest BCUT2D eigenvalue weighted by Crippen LogP contribution is 2.21. The van der Waals surface area contributed by atoms with Gasteiger partial charge in [-0.3, -0.25) is 10.1 Å². The number of carbonyl (C=O) groups is 2. The summed E-state index contributed by atoms with van der Waals surface area (Å²) in [6, 6.07) is 7.10.